The zero-order valence-electron chi connectivity index (χ0n) is 15.3. The number of halogens is 2. The van der Waals surface area contributed by atoms with Crippen molar-refractivity contribution < 1.29 is 13.2 Å². The third-order valence-electron chi connectivity index (χ3n) is 3.98. The van der Waals surface area contributed by atoms with Crippen molar-refractivity contribution in [2.45, 2.75) is 25.8 Å². The highest BCUT2D eigenvalue weighted by molar-refractivity contribution is 7.92. The smallest absolute Gasteiger partial charge is 0.248 e. The summed E-state index contributed by atoms with van der Waals surface area (Å²) in [5.74, 6) is -0.503. The molecule has 2 rings (SSSR count). The summed E-state index contributed by atoms with van der Waals surface area (Å²) in [5.41, 5.74) is 1.45. The summed E-state index contributed by atoms with van der Waals surface area (Å²) in [5, 5.41) is 11.9. The van der Waals surface area contributed by atoms with E-state index in [-0.39, 0.29) is 23.6 Å². The Kier molecular flexibility index (Phi) is 7.30. The van der Waals surface area contributed by atoms with Gasteiger partial charge in [-0.1, -0.05) is 42.3 Å². The summed E-state index contributed by atoms with van der Waals surface area (Å²) in [6, 6.07) is 12.2. The minimum atomic E-state index is -3.83. The second kappa shape index (κ2) is 9.28. The molecule has 1 N–H and O–H groups in total. The van der Waals surface area contributed by atoms with Crippen molar-refractivity contribution in [3.05, 3.63) is 58.1 Å². The van der Waals surface area contributed by atoms with E-state index in [0.717, 1.165) is 16.1 Å². The van der Waals surface area contributed by atoms with Crippen molar-refractivity contribution in [3.8, 4) is 6.07 Å². The van der Waals surface area contributed by atoms with Gasteiger partial charge in [0, 0.05) is 10.7 Å². The molecule has 0 aromatic heterocycles. The van der Waals surface area contributed by atoms with E-state index in [9.17, 15) is 13.2 Å². The zero-order chi connectivity index (χ0) is 20.9. The van der Waals surface area contributed by atoms with Crippen LogP contribution in [0.5, 0.6) is 0 Å². The fourth-order valence-corrected chi connectivity index (χ4v) is 4.35. The molecule has 2 aromatic carbocycles. The van der Waals surface area contributed by atoms with Gasteiger partial charge in [0.2, 0.25) is 15.9 Å². The molecule has 0 bridgehead atoms. The number of rotatable bonds is 7. The minimum Gasteiger partial charge on any atom is -0.324 e. The number of amides is 1. The fourth-order valence-electron chi connectivity index (χ4n) is 2.71. The van der Waals surface area contributed by atoms with Gasteiger partial charge in [-0.05, 0) is 42.3 Å². The van der Waals surface area contributed by atoms with Crippen LogP contribution in [0.1, 0.15) is 18.9 Å². The first-order valence-corrected chi connectivity index (χ1v) is 11.0. The number of benzene rings is 2. The predicted octanol–water partition coefficient (Wildman–Crippen LogP) is 4.24. The molecule has 0 fully saturated rings. The zero-order valence-corrected chi connectivity index (χ0v) is 17.6. The second-order valence-electron chi connectivity index (χ2n) is 6.10. The maximum absolute atomic E-state index is 12.9. The van der Waals surface area contributed by atoms with Crippen LogP contribution in [0.3, 0.4) is 0 Å². The molecule has 2 aromatic rings. The lowest BCUT2D eigenvalue weighted by Crippen LogP contribution is -2.47. The van der Waals surface area contributed by atoms with Crippen molar-refractivity contribution >= 4 is 50.5 Å². The van der Waals surface area contributed by atoms with Crippen LogP contribution in [0.25, 0.3) is 0 Å². The molecule has 28 heavy (non-hydrogen) atoms. The number of carbonyl (C=O) groups excluding carboxylic acids is 1. The average molecular weight is 440 g/mol. The lowest BCUT2D eigenvalue weighted by Gasteiger charge is -2.30. The van der Waals surface area contributed by atoms with E-state index < -0.39 is 22.0 Å². The summed E-state index contributed by atoms with van der Waals surface area (Å²) in [4.78, 5) is 12.9. The van der Waals surface area contributed by atoms with E-state index in [4.69, 9.17) is 28.5 Å². The van der Waals surface area contributed by atoms with E-state index >= 15 is 0 Å². The number of carbonyl (C=O) groups is 1. The third-order valence-corrected chi connectivity index (χ3v) is 5.70. The van der Waals surface area contributed by atoms with Gasteiger partial charge in [0.25, 0.3) is 0 Å². The van der Waals surface area contributed by atoms with Gasteiger partial charge >= 0.3 is 0 Å². The van der Waals surface area contributed by atoms with Crippen LogP contribution in [0.15, 0.2) is 42.5 Å². The molecule has 1 amide bonds. The number of nitrogens with one attached hydrogen (secondary N) is 1. The summed E-state index contributed by atoms with van der Waals surface area (Å²) < 4.78 is 26.0. The molecule has 1 unspecified atom stereocenters. The lowest BCUT2D eigenvalue weighted by atomic mass is 10.1. The maximum atomic E-state index is 12.9. The molecule has 9 heteroatoms. The molecular formula is C19H19Cl2N3O3S. The quantitative estimate of drug-likeness (QED) is 0.697. The Morgan fingerprint density at radius 3 is 2.39 bits per heavy atom. The average Bonchev–Trinajstić information content (AvgIpc) is 2.62. The summed E-state index contributed by atoms with van der Waals surface area (Å²) >= 11 is 12.2. The highest BCUT2D eigenvalue weighted by Crippen LogP contribution is 2.33. The van der Waals surface area contributed by atoms with Crippen LogP contribution in [0.2, 0.25) is 10.0 Å². The van der Waals surface area contributed by atoms with Crippen molar-refractivity contribution in [1.82, 2.24) is 0 Å². The summed E-state index contributed by atoms with van der Waals surface area (Å²) in [7, 11) is -3.83. The van der Waals surface area contributed by atoms with Gasteiger partial charge in [-0.2, -0.15) is 5.26 Å². The number of hydrogen-bond donors (Lipinski definition) is 1. The Morgan fingerprint density at radius 1 is 1.21 bits per heavy atom. The Hall–Kier alpha value is -2.27. The number of sulfonamides is 1. The van der Waals surface area contributed by atoms with Gasteiger partial charge in [0.15, 0.2) is 0 Å². The van der Waals surface area contributed by atoms with E-state index in [1.54, 1.807) is 31.2 Å². The lowest BCUT2D eigenvalue weighted by molar-refractivity contribution is -0.117. The molecule has 0 aliphatic rings. The van der Waals surface area contributed by atoms with Gasteiger partial charge in [-0.3, -0.25) is 9.10 Å². The van der Waals surface area contributed by atoms with Gasteiger partial charge in [-0.25, -0.2) is 8.42 Å². The van der Waals surface area contributed by atoms with Crippen molar-refractivity contribution in [2.75, 3.05) is 15.9 Å². The first kappa shape index (κ1) is 22.0. The van der Waals surface area contributed by atoms with Crippen LogP contribution < -0.4 is 9.62 Å². The Morgan fingerprint density at radius 2 is 1.86 bits per heavy atom. The second-order valence-corrected chi connectivity index (χ2v) is 8.80. The van der Waals surface area contributed by atoms with E-state index in [0.29, 0.717) is 10.7 Å². The Balaban J connectivity index is 2.36. The van der Waals surface area contributed by atoms with Crippen molar-refractivity contribution in [3.63, 3.8) is 0 Å². The third kappa shape index (κ3) is 5.38. The largest absolute Gasteiger partial charge is 0.324 e. The van der Waals surface area contributed by atoms with Gasteiger partial charge < -0.3 is 5.32 Å². The topological polar surface area (TPSA) is 90.3 Å². The highest BCUT2D eigenvalue weighted by Gasteiger charge is 2.33. The molecule has 0 saturated heterocycles. The van der Waals surface area contributed by atoms with Crippen LogP contribution in [-0.2, 0) is 21.2 Å². The number of anilines is 2. The number of hydrogen-bond acceptors (Lipinski definition) is 4. The molecule has 148 valence electrons. The normalized spacial score (nSPS) is 12.1. The Bertz CT molecular complexity index is 1000. The number of nitrogens with zero attached hydrogens (tertiary/aromatic N) is 2. The molecule has 0 saturated carbocycles. The van der Waals surface area contributed by atoms with E-state index in [1.165, 1.54) is 18.2 Å². The van der Waals surface area contributed by atoms with Crippen molar-refractivity contribution in [1.29, 1.82) is 5.26 Å². The van der Waals surface area contributed by atoms with Crippen LogP contribution in [-0.4, -0.2) is 26.6 Å². The molecule has 0 heterocycles. The fraction of sp³-hybridized carbons (Fsp3) is 0.263. The summed E-state index contributed by atoms with van der Waals surface area (Å²) in [6.45, 7) is 1.71. The molecule has 1 atom stereocenters. The first-order valence-electron chi connectivity index (χ1n) is 8.38. The monoisotopic (exact) mass is 439 g/mol. The van der Waals surface area contributed by atoms with Gasteiger partial charge in [0.1, 0.15) is 6.04 Å². The van der Waals surface area contributed by atoms with Crippen LogP contribution in [0.4, 0.5) is 11.4 Å². The highest BCUT2D eigenvalue weighted by atomic mass is 35.5. The molecule has 0 spiro atoms. The van der Waals surface area contributed by atoms with Gasteiger partial charge in [-0.15, -0.1) is 0 Å². The molecule has 0 aliphatic carbocycles. The molecular weight excluding hydrogens is 421 g/mol. The Labute approximate surface area is 174 Å². The molecule has 6 nitrogen and oxygen atoms in total. The minimum absolute atomic E-state index is 0.142. The molecule has 0 aliphatic heterocycles. The van der Waals surface area contributed by atoms with Gasteiger partial charge in [0.05, 0.1) is 29.5 Å². The summed E-state index contributed by atoms with van der Waals surface area (Å²) in [6.07, 6.45) is 1.49. The SMILES string of the molecule is CCC(C(=O)Nc1ccc(CC#N)cc1)N(c1cc(Cl)ccc1Cl)S(C)(=O)=O. The van der Waals surface area contributed by atoms with Crippen molar-refractivity contribution in [2.24, 2.45) is 0 Å². The van der Waals surface area contributed by atoms with Crippen LogP contribution in [0, 0.1) is 11.3 Å². The predicted molar refractivity (Wildman–Crippen MR) is 112 cm³/mol. The number of nitriles is 1. The standard InChI is InChI=1S/C19H19Cl2N3O3S/c1-3-17(19(25)23-15-7-4-13(5-8-15)10-11-22)24(28(2,26)27)18-12-14(20)6-9-16(18)21/h4-9,12,17H,3,10H2,1-2H3,(H,23,25). The first-order chi connectivity index (χ1) is 13.2. The molecule has 0 radical (unpaired) electrons. The van der Waals surface area contributed by atoms with E-state index in [1.807, 2.05) is 6.07 Å². The van der Waals surface area contributed by atoms with E-state index in [2.05, 4.69) is 5.32 Å². The maximum Gasteiger partial charge on any atom is 0.248 e. The van der Waals surface area contributed by atoms with Crippen LogP contribution >= 0.6 is 23.2 Å².